The zero-order valence-electron chi connectivity index (χ0n) is 7.94. The molecule has 0 aliphatic rings. The number of hydrogen-bond acceptors (Lipinski definition) is 0. The second kappa shape index (κ2) is 5.62. The van der Waals surface area contributed by atoms with Gasteiger partial charge in [-0.3, -0.25) is 0 Å². The van der Waals surface area contributed by atoms with Gasteiger partial charge in [0.1, 0.15) is 5.82 Å². The van der Waals surface area contributed by atoms with Crippen molar-refractivity contribution in [3.63, 3.8) is 0 Å². The third-order valence-corrected chi connectivity index (χ3v) is 1.39. The molecule has 0 bridgehead atoms. The summed E-state index contributed by atoms with van der Waals surface area (Å²) in [7, 11) is 0. The van der Waals surface area contributed by atoms with Crippen molar-refractivity contribution in [3.05, 3.63) is 35.1 Å². The number of rotatable bonds is 1. The number of hydrogen-bond donors (Lipinski definition) is 0. The largest absolute Gasteiger partial charge is 0.266 e. The standard InChI is InChI=1S/C8H7F3.C2H6/c1-5-2-3-7(9)6(4-5)8(10)11;1-2/h2-4,8H,1H3;1-2H3. The first kappa shape index (κ1) is 12.0. The van der Waals surface area contributed by atoms with Crippen molar-refractivity contribution in [2.75, 3.05) is 0 Å². The van der Waals surface area contributed by atoms with E-state index in [0.717, 1.165) is 12.1 Å². The highest BCUT2D eigenvalue weighted by Gasteiger charge is 2.12. The Morgan fingerprint density at radius 1 is 1.15 bits per heavy atom. The molecule has 0 heterocycles. The molecule has 0 spiro atoms. The maximum Gasteiger partial charge on any atom is 0.266 e. The summed E-state index contributed by atoms with van der Waals surface area (Å²) in [6.07, 6.45) is -2.73. The van der Waals surface area contributed by atoms with Gasteiger partial charge in [0.15, 0.2) is 0 Å². The first-order valence-electron chi connectivity index (χ1n) is 4.15. The van der Waals surface area contributed by atoms with Gasteiger partial charge < -0.3 is 0 Å². The molecule has 0 fully saturated rings. The average molecular weight is 190 g/mol. The Balaban J connectivity index is 0.000000671. The molecule has 0 aliphatic carbocycles. The van der Waals surface area contributed by atoms with Gasteiger partial charge in [-0.2, -0.15) is 0 Å². The maximum absolute atomic E-state index is 12.5. The summed E-state index contributed by atoms with van der Waals surface area (Å²) >= 11 is 0. The van der Waals surface area contributed by atoms with Crippen LogP contribution in [-0.2, 0) is 0 Å². The lowest BCUT2D eigenvalue weighted by molar-refractivity contribution is 0.146. The van der Waals surface area contributed by atoms with Gasteiger partial charge in [0, 0.05) is 0 Å². The zero-order chi connectivity index (χ0) is 10.4. The van der Waals surface area contributed by atoms with E-state index in [0.29, 0.717) is 5.56 Å². The van der Waals surface area contributed by atoms with E-state index in [1.165, 1.54) is 6.07 Å². The minimum atomic E-state index is -2.73. The van der Waals surface area contributed by atoms with Gasteiger partial charge in [-0.25, -0.2) is 13.2 Å². The van der Waals surface area contributed by atoms with Crippen molar-refractivity contribution in [1.82, 2.24) is 0 Å². The molecule has 74 valence electrons. The van der Waals surface area contributed by atoms with Crippen molar-refractivity contribution < 1.29 is 13.2 Å². The summed E-state index contributed by atoms with van der Waals surface area (Å²) < 4.78 is 36.5. The van der Waals surface area contributed by atoms with Gasteiger partial charge in [0.25, 0.3) is 6.43 Å². The highest BCUT2D eigenvalue weighted by Crippen LogP contribution is 2.22. The van der Waals surface area contributed by atoms with Crippen LogP contribution in [-0.4, -0.2) is 0 Å². The second-order valence-electron chi connectivity index (χ2n) is 2.33. The van der Waals surface area contributed by atoms with Gasteiger partial charge in [0.05, 0.1) is 5.56 Å². The van der Waals surface area contributed by atoms with Gasteiger partial charge >= 0.3 is 0 Å². The van der Waals surface area contributed by atoms with Crippen molar-refractivity contribution in [2.24, 2.45) is 0 Å². The Labute approximate surface area is 76.4 Å². The van der Waals surface area contributed by atoms with E-state index in [4.69, 9.17) is 0 Å². The molecule has 0 radical (unpaired) electrons. The highest BCUT2D eigenvalue weighted by atomic mass is 19.3. The Bertz CT molecular complexity index is 256. The van der Waals surface area contributed by atoms with Crippen LogP contribution in [0.25, 0.3) is 0 Å². The smallest absolute Gasteiger partial charge is 0.206 e. The Hall–Kier alpha value is -0.990. The van der Waals surface area contributed by atoms with Crippen LogP contribution in [0, 0.1) is 12.7 Å². The van der Waals surface area contributed by atoms with Crippen LogP contribution in [0.3, 0.4) is 0 Å². The van der Waals surface area contributed by atoms with Gasteiger partial charge in [0.2, 0.25) is 0 Å². The van der Waals surface area contributed by atoms with Crippen LogP contribution >= 0.6 is 0 Å². The third-order valence-electron chi connectivity index (χ3n) is 1.39. The van der Waals surface area contributed by atoms with E-state index in [-0.39, 0.29) is 0 Å². The van der Waals surface area contributed by atoms with E-state index < -0.39 is 17.8 Å². The third kappa shape index (κ3) is 3.49. The molecule has 0 amide bonds. The first-order valence-corrected chi connectivity index (χ1v) is 4.15. The van der Waals surface area contributed by atoms with Crippen LogP contribution < -0.4 is 0 Å². The molecule has 0 saturated carbocycles. The summed E-state index contributed by atoms with van der Waals surface area (Å²) in [5, 5.41) is 0. The maximum atomic E-state index is 12.5. The van der Waals surface area contributed by atoms with Crippen LogP contribution in [0.1, 0.15) is 31.4 Å². The lowest BCUT2D eigenvalue weighted by atomic mass is 10.1. The fourth-order valence-electron chi connectivity index (χ4n) is 0.830. The molecule has 1 rings (SSSR count). The fourth-order valence-corrected chi connectivity index (χ4v) is 0.830. The zero-order valence-corrected chi connectivity index (χ0v) is 7.94. The number of benzene rings is 1. The lowest BCUT2D eigenvalue weighted by Crippen LogP contribution is -1.90. The quantitative estimate of drug-likeness (QED) is 0.625. The SMILES string of the molecule is CC.Cc1ccc(F)c(C(F)F)c1. The average Bonchev–Trinajstić information content (AvgIpc) is 2.12. The van der Waals surface area contributed by atoms with Crippen LogP contribution in [0.5, 0.6) is 0 Å². The van der Waals surface area contributed by atoms with Crippen LogP contribution in [0.2, 0.25) is 0 Å². The molecule has 0 unspecified atom stereocenters. The van der Waals surface area contributed by atoms with E-state index in [2.05, 4.69) is 0 Å². The van der Waals surface area contributed by atoms with E-state index >= 15 is 0 Å². The molecular formula is C10H13F3. The summed E-state index contributed by atoms with van der Waals surface area (Å²) in [4.78, 5) is 0. The minimum Gasteiger partial charge on any atom is -0.206 e. The predicted octanol–water partition coefficient (Wildman–Crippen LogP) is 4.10. The molecule has 0 aromatic heterocycles. The monoisotopic (exact) mass is 190 g/mol. The van der Waals surface area contributed by atoms with Crippen LogP contribution in [0.15, 0.2) is 18.2 Å². The molecule has 0 aliphatic heterocycles. The van der Waals surface area contributed by atoms with Crippen molar-refractivity contribution in [2.45, 2.75) is 27.2 Å². The number of alkyl halides is 2. The molecule has 0 atom stereocenters. The molecule has 0 saturated heterocycles. The molecule has 1 aromatic rings. The number of aryl methyl sites for hydroxylation is 1. The van der Waals surface area contributed by atoms with Crippen molar-refractivity contribution in [3.8, 4) is 0 Å². The normalized spacial score (nSPS) is 9.46. The summed E-state index contributed by atoms with van der Waals surface area (Å²) in [5.41, 5.74) is 0.117. The summed E-state index contributed by atoms with van der Waals surface area (Å²) in [5.74, 6) is -0.842. The number of halogens is 3. The Kier molecular flexibility index (Phi) is 5.19. The lowest BCUT2D eigenvalue weighted by Gasteiger charge is -2.01. The Morgan fingerprint density at radius 3 is 2.08 bits per heavy atom. The van der Waals surface area contributed by atoms with Gasteiger partial charge in [-0.15, -0.1) is 0 Å². The van der Waals surface area contributed by atoms with E-state index in [1.54, 1.807) is 6.92 Å². The molecule has 13 heavy (non-hydrogen) atoms. The topological polar surface area (TPSA) is 0 Å². The molecular weight excluding hydrogens is 177 g/mol. The van der Waals surface area contributed by atoms with E-state index in [9.17, 15) is 13.2 Å². The molecule has 1 aromatic carbocycles. The van der Waals surface area contributed by atoms with Crippen LogP contribution in [0.4, 0.5) is 13.2 Å². The van der Waals surface area contributed by atoms with E-state index in [1.807, 2.05) is 13.8 Å². The van der Waals surface area contributed by atoms with Gasteiger partial charge in [-0.1, -0.05) is 25.5 Å². The van der Waals surface area contributed by atoms with Crippen molar-refractivity contribution in [1.29, 1.82) is 0 Å². The molecule has 3 heteroatoms. The second-order valence-corrected chi connectivity index (χ2v) is 2.33. The summed E-state index contributed by atoms with van der Waals surface area (Å²) in [6.45, 7) is 5.64. The highest BCUT2D eigenvalue weighted by molar-refractivity contribution is 5.24. The minimum absolute atomic E-state index is 0.523. The predicted molar refractivity (Wildman–Crippen MR) is 47.4 cm³/mol. The fraction of sp³-hybridized carbons (Fsp3) is 0.400. The molecule has 0 N–H and O–H groups in total. The molecule has 0 nitrogen and oxygen atoms in total. The Morgan fingerprint density at radius 2 is 1.69 bits per heavy atom. The van der Waals surface area contributed by atoms with Gasteiger partial charge in [-0.05, 0) is 19.1 Å². The summed E-state index contributed by atoms with van der Waals surface area (Å²) in [6, 6.07) is 3.66. The first-order chi connectivity index (χ1) is 6.11. The van der Waals surface area contributed by atoms with Crippen molar-refractivity contribution >= 4 is 0 Å².